The summed E-state index contributed by atoms with van der Waals surface area (Å²) >= 11 is 1.51. The first kappa shape index (κ1) is 18.3. The van der Waals surface area contributed by atoms with Gasteiger partial charge in [0, 0.05) is 18.7 Å². The van der Waals surface area contributed by atoms with E-state index in [2.05, 4.69) is 15.1 Å². The first-order valence-electron chi connectivity index (χ1n) is 8.84. The molecule has 27 heavy (non-hydrogen) atoms. The van der Waals surface area contributed by atoms with Gasteiger partial charge in [0.05, 0.1) is 15.6 Å². The third-order valence-corrected chi connectivity index (χ3v) is 7.56. The lowest BCUT2D eigenvalue weighted by Crippen LogP contribution is -2.35. The molecule has 0 N–H and O–H groups in total. The molecule has 1 aromatic carbocycles. The number of hydrogen-bond acceptors (Lipinski definition) is 7. The van der Waals surface area contributed by atoms with Crippen LogP contribution in [0.4, 0.5) is 0 Å². The van der Waals surface area contributed by atoms with Gasteiger partial charge >= 0.3 is 0 Å². The summed E-state index contributed by atoms with van der Waals surface area (Å²) in [5, 5.41) is 4.97. The fourth-order valence-corrected chi connectivity index (χ4v) is 5.55. The van der Waals surface area contributed by atoms with Gasteiger partial charge in [-0.25, -0.2) is 13.4 Å². The van der Waals surface area contributed by atoms with Gasteiger partial charge in [-0.15, -0.1) is 11.3 Å². The van der Waals surface area contributed by atoms with Gasteiger partial charge in [0.1, 0.15) is 4.88 Å². The van der Waals surface area contributed by atoms with Crippen molar-refractivity contribution in [2.45, 2.75) is 38.0 Å². The highest BCUT2D eigenvalue weighted by Crippen LogP contribution is 2.30. The molecular weight excluding hydrogens is 384 g/mol. The van der Waals surface area contributed by atoms with Crippen LogP contribution in [0.25, 0.3) is 22.2 Å². The van der Waals surface area contributed by atoms with E-state index in [0.29, 0.717) is 35.3 Å². The van der Waals surface area contributed by atoms with Crippen LogP contribution in [0, 0.1) is 13.8 Å². The number of sulfonamides is 1. The van der Waals surface area contributed by atoms with Gasteiger partial charge in [-0.2, -0.15) is 9.29 Å². The van der Waals surface area contributed by atoms with Crippen molar-refractivity contribution >= 4 is 21.4 Å². The Hall–Kier alpha value is -2.10. The maximum Gasteiger partial charge on any atom is 0.270 e. The van der Waals surface area contributed by atoms with Crippen LogP contribution >= 0.6 is 11.3 Å². The average molecular weight is 405 g/mol. The molecule has 9 heteroatoms. The standard InChI is InChI=1S/C18H20N4O3S2/c1-12-16(26-13(2)19-12)18-20-17(21-25-18)14-6-8-15(9-7-14)27(23,24)22-10-4-3-5-11-22/h6-9H,3-5,10-11H2,1-2H3. The van der Waals surface area contributed by atoms with Crippen LogP contribution < -0.4 is 0 Å². The fraction of sp³-hybridized carbons (Fsp3) is 0.389. The summed E-state index contributed by atoms with van der Waals surface area (Å²) in [6, 6.07) is 6.65. The van der Waals surface area contributed by atoms with E-state index in [0.717, 1.165) is 34.8 Å². The molecule has 0 saturated carbocycles. The molecule has 0 unspecified atom stereocenters. The lowest BCUT2D eigenvalue weighted by molar-refractivity contribution is 0.346. The SMILES string of the molecule is Cc1nc(C)c(-c2nc(-c3ccc(S(=O)(=O)N4CCCCC4)cc3)no2)s1. The normalized spacial score (nSPS) is 15.9. The average Bonchev–Trinajstić information content (AvgIpc) is 3.29. The van der Waals surface area contributed by atoms with Crippen molar-refractivity contribution in [3.63, 3.8) is 0 Å². The molecule has 7 nitrogen and oxygen atoms in total. The van der Waals surface area contributed by atoms with E-state index in [4.69, 9.17) is 4.52 Å². The highest BCUT2D eigenvalue weighted by molar-refractivity contribution is 7.89. The Morgan fingerprint density at radius 1 is 1.04 bits per heavy atom. The second-order valence-electron chi connectivity index (χ2n) is 6.56. The van der Waals surface area contributed by atoms with Crippen LogP contribution in [0.3, 0.4) is 0 Å². The Kier molecular flexibility index (Phi) is 4.83. The van der Waals surface area contributed by atoms with Gasteiger partial charge in [0.15, 0.2) is 0 Å². The summed E-state index contributed by atoms with van der Waals surface area (Å²) in [5.41, 5.74) is 1.57. The molecule has 0 amide bonds. The lowest BCUT2D eigenvalue weighted by atomic mass is 10.2. The molecule has 0 atom stereocenters. The minimum absolute atomic E-state index is 0.297. The zero-order valence-corrected chi connectivity index (χ0v) is 16.8. The fourth-order valence-electron chi connectivity index (χ4n) is 3.19. The van der Waals surface area contributed by atoms with Gasteiger partial charge < -0.3 is 4.52 Å². The van der Waals surface area contributed by atoms with Crippen molar-refractivity contribution in [3.05, 3.63) is 35.0 Å². The number of aryl methyl sites for hydroxylation is 2. The quantitative estimate of drug-likeness (QED) is 0.659. The first-order valence-corrected chi connectivity index (χ1v) is 11.1. The summed E-state index contributed by atoms with van der Waals surface area (Å²) in [5.74, 6) is 0.857. The minimum Gasteiger partial charge on any atom is -0.333 e. The monoisotopic (exact) mass is 404 g/mol. The maximum absolute atomic E-state index is 12.7. The Morgan fingerprint density at radius 2 is 1.74 bits per heavy atom. The largest absolute Gasteiger partial charge is 0.333 e. The molecule has 1 fully saturated rings. The predicted molar refractivity (Wildman–Crippen MR) is 103 cm³/mol. The predicted octanol–water partition coefficient (Wildman–Crippen LogP) is 3.65. The second-order valence-corrected chi connectivity index (χ2v) is 9.70. The van der Waals surface area contributed by atoms with Gasteiger partial charge in [0.2, 0.25) is 15.8 Å². The molecule has 0 radical (unpaired) electrons. The minimum atomic E-state index is -3.44. The first-order chi connectivity index (χ1) is 12.9. The summed E-state index contributed by atoms with van der Waals surface area (Å²) in [6.45, 7) is 5.01. The number of hydrogen-bond donors (Lipinski definition) is 0. The molecule has 0 spiro atoms. The maximum atomic E-state index is 12.7. The number of aromatic nitrogens is 3. The molecule has 0 aliphatic carbocycles. The molecule has 3 aromatic rings. The number of thiazole rings is 1. The van der Waals surface area contributed by atoms with Crippen LogP contribution in [0.5, 0.6) is 0 Å². The number of rotatable bonds is 4. The van der Waals surface area contributed by atoms with Gasteiger partial charge in [0.25, 0.3) is 5.89 Å². The van der Waals surface area contributed by atoms with Crippen molar-refractivity contribution < 1.29 is 12.9 Å². The van der Waals surface area contributed by atoms with Gasteiger partial charge in [-0.3, -0.25) is 0 Å². The highest BCUT2D eigenvalue weighted by atomic mass is 32.2. The molecule has 0 bridgehead atoms. The van der Waals surface area contributed by atoms with Gasteiger partial charge in [-0.1, -0.05) is 11.6 Å². The summed E-state index contributed by atoms with van der Waals surface area (Å²) in [6.07, 6.45) is 2.92. The lowest BCUT2D eigenvalue weighted by Gasteiger charge is -2.25. The second kappa shape index (κ2) is 7.14. The third kappa shape index (κ3) is 3.54. The van der Waals surface area contributed by atoms with E-state index >= 15 is 0 Å². The molecule has 4 rings (SSSR count). The molecule has 3 heterocycles. The summed E-state index contributed by atoms with van der Waals surface area (Å²) in [7, 11) is -3.44. The van der Waals surface area contributed by atoms with E-state index in [-0.39, 0.29) is 0 Å². The zero-order chi connectivity index (χ0) is 19.0. The number of piperidine rings is 1. The Morgan fingerprint density at radius 3 is 2.37 bits per heavy atom. The van der Waals surface area contributed by atoms with Crippen LogP contribution in [-0.2, 0) is 10.0 Å². The van der Waals surface area contributed by atoms with Crippen molar-refractivity contribution in [1.82, 2.24) is 19.4 Å². The van der Waals surface area contributed by atoms with Crippen molar-refractivity contribution in [2.24, 2.45) is 0 Å². The van der Waals surface area contributed by atoms with Crippen molar-refractivity contribution in [3.8, 4) is 22.2 Å². The van der Waals surface area contributed by atoms with E-state index in [1.807, 2.05) is 13.8 Å². The van der Waals surface area contributed by atoms with Crippen molar-refractivity contribution in [1.29, 1.82) is 0 Å². The number of benzene rings is 1. The van der Waals surface area contributed by atoms with E-state index < -0.39 is 10.0 Å². The summed E-state index contributed by atoms with van der Waals surface area (Å²) in [4.78, 5) is 9.97. The van der Waals surface area contributed by atoms with Crippen LogP contribution in [-0.4, -0.2) is 40.9 Å². The van der Waals surface area contributed by atoms with Crippen LogP contribution in [0.2, 0.25) is 0 Å². The Balaban J connectivity index is 1.59. The smallest absolute Gasteiger partial charge is 0.270 e. The molecule has 1 aliphatic heterocycles. The third-order valence-electron chi connectivity index (χ3n) is 4.59. The molecule has 142 valence electrons. The van der Waals surface area contributed by atoms with Gasteiger partial charge in [-0.05, 0) is 51.0 Å². The van der Waals surface area contributed by atoms with E-state index in [1.54, 1.807) is 28.6 Å². The van der Waals surface area contributed by atoms with Crippen molar-refractivity contribution in [2.75, 3.05) is 13.1 Å². The molecule has 1 saturated heterocycles. The Bertz CT molecular complexity index is 1050. The van der Waals surface area contributed by atoms with Crippen LogP contribution in [0.1, 0.15) is 30.0 Å². The molecule has 1 aliphatic rings. The molecule has 2 aromatic heterocycles. The number of nitrogens with zero attached hydrogens (tertiary/aromatic N) is 4. The molecular formula is C18H20N4O3S2. The summed E-state index contributed by atoms with van der Waals surface area (Å²) < 4.78 is 32.4. The Labute approximate surface area is 162 Å². The highest BCUT2D eigenvalue weighted by Gasteiger charge is 2.26. The topological polar surface area (TPSA) is 89.2 Å². The zero-order valence-electron chi connectivity index (χ0n) is 15.2. The van der Waals surface area contributed by atoms with E-state index in [9.17, 15) is 8.42 Å². The van der Waals surface area contributed by atoms with Crippen LogP contribution in [0.15, 0.2) is 33.7 Å². The van der Waals surface area contributed by atoms with E-state index in [1.165, 1.54) is 11.3 Å².